The first-order valence-corrected chi connectivity index (χ1v) is 15.0. The third-order valence-corrected chi connectivity index (χ3v) is 7.07. The Morgan fingerprint density at radius 2 is 1.83 bits per heavy atom. The van der Waals surface area contributed by atoms with Gasteiger partial charge < -0.3 is 30.0 Å². The van der Waals surface area contributed by atoms with Crippen LogP contribution in [0.1, 0.15) is 64.3 Å². The molecule has 13 nitrogen and oxygen atoms in total. The fourth-order valence-electron chi connectivity index (χ4n) is 5.16. The van der Waals surface area contributed by atoms with Crippen LogP contribution in [0.2, 0.25) is 0 Å². The van der Waals surface area contributed by atoms with Crippen molar-refractivity contribution in [2.45, 2.75) is 71.8 Å². The molecule has 0 spiro atoms. The predicted octanol–water partition coefficient (Wildman–Crippen LogP) is 5.05. The molecule has 4 heterocycles. The Morgan fingerprint density at radius 3 is 2.50 bits per heavy atom. The van der Waals surface area contributed by atoms with Crippen LogP contribution in [-0.4, -0.2) is 75.4 Å². The van der Waals surface area contributed by atoms with Crippen LogP contribution >= 0.6 is 0 Å². The van der Waals surface area contributed by atoms with E-state index in [-0.39, 0.29) is 24.0 Å². The minimum absolute atomic E-state index is 0.0137. The minimum Gasteiger partial charge on any atom is -0.444 e. The summed E-state index contributed by atoms with van der Waals surface area (Å²) in [5.74, 6) is -0.177. The molecule has 3 N–H and O–H groups in total. The molecule has 1 aliphatic heterocycles. The van der Waals surface area contributed by atoms with E-state index in [2.05, 4.69) is 25.6 Å². The maximum absolute atomic E-state index is 15.2. The van der Waals surface area contributed by atoms with Gasteiger partial charge in [0.05, 0.1) is 29.2 Å². The molecular formula is C32H39FN8O5. The van der Waals surface area contributed by atoms with Crippen molar-refractivity contribution < 1.29 is 28.2 Å². The van der Waals surface area contributed by atoms with Gasteiger partial charge in [-0.15, -0.1) is 0 Å². The van der Waals surface area contributed by atoms with Crippen LogP contribution in [0.15, 0.2) is 36.5 Å². The van der Waals surface area contributed by atoms with Crippen LogP contribution in [0.5, 0.6) is 0 Å². The van der Waals surface area contributed by atoms with Gasteiger partial charge >= 0.3 is 12.2 Å². The summed E-state index contributed by atoms with van der Waals surface area (Å²) < 4.78 is 26.2. The second kappa shape index (κ2) is 12.4. The van der Waals surface area contributed by atoms with Gasteiger partial charge in [0.25, 0.3) is 5.91 Å². The van der Waals surface area contributed by atoms with E-state index in [1.54, 1.807) is 59.7 Å². The van der Waals surface area contributed by atoms with Crippen molar-refractivity contribution in [3.8, 4) is 0 Å². The predicted molar refractivity (Wildman–Crippen MR) is 171 cm³/mol. The van der Waals surface area contributed by atoms with E-state index in [0.717, 1.165) is 0 Å². The van der Waals surface area contributed by atoms with Gasteiger partial charge in [-0.25, -0.2) is 23.9 Å². The number of amides is 3. The molecule has 1 aliphatic rings. The summed E-state index contributed by atoms with van der Waals surface area (Å²) in [4.78, 5) is 58.3. The number of nitrogens with one attached hydrogen (secondary N) is 3. The zero-order chi connectivity index (χ0) is 33.4. The highest BCUT2D eigenvalue weighted by Gasteiger charge is 2.31. The molecule has 1 fully saturated rings. The molecule has 0 bridgehead atoms. The number of H-pyrrole nitrogens is 1. The summed E-state index contributed by atoms with van der Waals surface area (Å²) in [5, 5.41) is 6.71. The standard InChI is InChI=1S/C32H39FN8O5/c1-31(2,3)45-29(43)36-19-11-13-41(17-19)27-24-20-14-18(33)15-22(40(7)30(44)46-32(4,5)6)25(20)39-26(24)37-23(38-27)16-35-28(42)21-10-8-9-12-34-21/h8-10,12,14-15,19H,11,13,16-17H2,1-7H3,(H,35,42)(H,36,43)(H,37,38,39). The highest BCUT2D eigenvalue weighted by molar-refractivity contribution is 6.16. The van der Waals surface area contributed by atoms with Crippen molar-refractivity contribution in [1.82, 2.24) is 30.6 Å². The summed E-state index contributed by atoms with van der Waals surface area (Å²) in [6, 6.07) is 7.41. The van der Waals surface area contributed by atoms with Gasteiger partial charge in [-0.05, 0) is 72.2 Å². The average molecular weight is 635 g/mol. The molecule has 244 valence electrons. The molecule has 3 aromatic heterocycles. The average Bonchev–Trinajstić information content (AvgIpc) is 3.57. The van der Waals surface area contributed by atoms with E-state index in [4.69, 9.17) is 14.5 Å². The Morgan fingerprint density at radius 1 is 1.09 bits per heavy atom. The zero-order valence-corrected chi connectivity index (χ0v) is 27.0. The minimum atomic E-state index is -0.759. The first-order chi connectivity index (χ1) is 21.6. The molecule has 4 aromatic rings. The van der Waals surface area contributed by atoms with Crippen molar-refractivity contribution in [2.24, 2.45) is 0 Å². The van der Waals surface area contributed by atoms with Crippen molar-refractivity contribution in [3.63, 3.8) is 0 Å². The van der Waals surface area contributed by atoms with Gasteiger partial charge in [-0.2, -0.15) is 0 Å². The number of fused-ring (bicyclic) bond motifs is 3. The van der Waals surface area contributed by atoms with Gasteiger partial charge in [-0.3, -0.25) is 14.7 Å². The highest BCUT2D eigenvalue weighted by atomic mass is 19.1. The second-order valence-corrected chi connectivity index (χ2v) is 13.2. The van der Waals surface area contributed by atoms with E-state index in [1.807, 2.05) is 4.90 Å². The molecule has 1 unspecified atom stereocenters. The van der Waals surface area contributed by atoms with Crippen LogP contribution in [0.3, 0.4) is 0 Å². The molecule has 1 saturated heterocycles. The lowest BCUT2D eigenvalue weighted by Gasteiger charge is -2.25. The highest BCUT2D eigenvalue weighted by Crippen LogP contribution is 2.38. The third-order valence-electron chi connectivity index (χ3n) is 7.07. The molecule has 0 saturated carbocycles. The van der Waals surface area contributed by atoms with E-state index >= 15 is 4.39 Å². The Hall–Kier alpha value is -5.01. The van der Waals surface area contributed by atoms with E-state index in [0.29, 0.717) is 53.1 Å². The Kier molecular flexibility index (Phi) is 8.74. The summed E-state index contributed by atoms with van der Waals surface area (Å²) in [6.07, 6.45) is 0.965. The van der Waals surface area contributed by atoms with Crippen LogP contribution in [0.4, 0.5) is 25.5 Å². The first-order valence-electron chi connectivity index (χ1n) is 15.0. The third kappa shape index (κ3) is 7.44. The van der Waals surface area contributed by atoms with Crippen LogP contribution in [0, 0.1) is 5.82 Å². The number of carbonyl (C=O) groups is 3. The molecule has 3 amide bonds. The van der Waals surface area contributed by atoms with Gasteiger partial charge in [-0.1, -0.05) is 6.07 Å². The van der Waals surface area contributed by atoms with Crippen molar-refractivity contribution in [3.05, 3.63) is 53.9 Å². The van der Waals surface area contributed by atoms with Gasteiger partial charge in [0.1, 0.15) is 34.2 Å². The lowest BCUT2D eigenvalue weighted by molar-refractivity contribution is 0.0507. The summed E-state index contributed by atoms with van der Waals surface area (Å²) >= 11 is 0. The van der Waals surface area contributed by atoms with Gasteiger partial charge in [0.2, 0.25) is 0 Å². The van der Waals surface area contributed by atoms with Crippen LogP contribution < -0.4 is 20.4 Å². The first kappa shape index (κ1) is 32.4. The molecule has 0 aliphatic carbocycles. The van der Waals surface area contributed by atoms with E-state index in [9.17, 15) is 14.4 Å². The largest absolute Gasteiger partial charge is 0.444 e. The topological polar surface area (TPSA) is 155 Å². The van der Waals surface area contributed by atoms with Crippen molar-refractivity contribution in [1.29, 1.82) is 0 Å². The lowest BCUT2D eigenvalue weighted by Crippen LogP contribution is -2.40. The number of rotatable bonds is 6. The number of ether oxygens (including phenoxy) is 2. The van der Waals surface area contributed by atoms with E-state index in [1.165, 1.54) is 30.3 Å². The molecule has 1 atom stereocenters. The molecular weight excluding hydrogens is 595 g/mol. The number of aromatic amines is 1. The summed E-state index contributed by atoms with van der Waals surface area (Å²) in [6.45, 7) is 11.5. The van der Waals surface area contributed by atoms with Crippen LogP contribution in [-0.2, 0) is 16.0 Å². The number of alkyl carbamates (subject to hydrolysis) is 1. The SMILES string of the molecule is CN(C(=O)OC(C)(C)C)c1cc(F)cc2c1[nH]c1nc(CNC(=O)c3ccccn3)nc(N3CCC(NC(=O)OC(C)(C)C)C3)c12. The number of benzene rings is 1. The number of halogens is 1. The van der Waals surface area contributed by atoms with Crippen molar-refractivity contribution >= 4 is 51.5 Å². The molecule has 14 heteroatoms. The van der Waals surface area contributed by atoms with Gasteiger partial charge in [0.15, 0.2) is 5.82 Å². The number of carbonyl (C=O) groups excluding carboxylic acids is 3. The second-order valence-electron chi connectivity index (χ2n) is 13.2. The van der Waals surface area contributed by atoms with E-state index < -0.39 is 35.1 Å². The maximum atomic E-state index is 15.2. The lowest BCUT2D eigenvalue weighted by atomic mass is 10.1. The molecule has 5 rings (SSSR count). The molecule has 0 radical (unpaired) electrons. The maximum Gasteiger partial charge on any atom is 0.414 e. The normalized spacial score (nSPS) is 15.2. The number of hydrogen-bond acceptors (Lipinski definition) is 9. The summed E-state index contributed by atoms with van der Waals surface area (Å²) in [5.41, 5.74) is -0.0637. The number of anilines is 2. The number of pyridine rings is 1. The number of aromatic nitrogens is 4. The van der Waals surface area contributed by atoms with Crippen LogP contribution in [0.25, 0.3) is 21.9 Å². The summed E-state index contributed by atoms with van der Waals surface area (Å²) in [7, 11) is 1.51. The number of hydrogen-bond donors (Lipinski definition) is 3. The quantitative estimate of drug-likeness (QED) is 0.264. The smallest absolute Gasteiger partial charge is 0.414 e. The fraction of sp³-hybridized carbons (Fsp3) is 0.438. The Balaban J connectivity index is 1.54. The Labute approximate surface area is 265 Å². The Bertz CT molecular complexity index is 1780. The monoisotopic (exact) mass is 634 g/mol. The number of nitrogens with zero attached hydrogens (tertiary/aromatic N) is 5. The zero-order valence-electron chi connectivity index (χ0n) is 27.0. The van der Waals surface area contributed by atoms with Crippen molar-refractivity contribution in [2.75, 3.05) is 29.9 Å². The van der Waals surface area contributed by atoms with Gasteiger partial charge in [0, 0.05) is 31.7 Å². The fourth-order valence-corrected chi connectivity index (χ4v) is 5.16. The molecule has 1 aromatic carbocycles. The molecule has 46 heavy (non-hydrogen) atoms.